The lowest BCUT2D eigenvalue weighted by atomic mass is 9.90. The Hall–Kier alpha value is -1.38. The van der Waals surface area contributed by atoms with Gasteiger partial charge in [0.15, 0.2) is 0 Å². The van der Waals surface area contributed by atoms with Gasteiger partial charge in [-0.25, -0.2) is 0 Å². The van der Waals surface area contributed by atoms with Gasteiger partial charge in [-0.3, -0.25) is 0 Å². The van der Waals surface area contributed by atoms with Crippen molar-refractivity contribution in [3.8, 4) is 5.75 Å². The van der Waals surface area contributed by atoms with E-state index in [4.69, 9.17) is 10.5 Å². The molecule has 0 aliphatic carbocycles. The Morgan fingerprint density at radius 1 is 1.28 bits per heavy atom. The molecule has 0 spiro atoms. The third-order valence-corrected chi connectivity index (χ3v) is 3.20. The van der Waals surface area contributed by atoms with Crippen LogP contribution in [0.15, 0.2) is 18.2 Å². The van der Waals surface area contributed by atoms with Crippen molar-refractivity contribution in [1.29, 1.82) is 0 Å². The molecule has 18 heavy (non-hydrogen) atoms. The van der Waals surface area contributed by atoms with Crippen molar-refractivity contribution in [2.24, 2.45) is 5.41 Å². The lowest BCUT2D eigenvalue weighted by molar-refractivity contribution is 0.319. The Bertz CT molecular complexity index is 375. The van der Waals surface area contributed by atoms with Crippen LogP contribution in [0.2, 0.25) is 0 Å². The monoisotopic (exact) mass is 250 g/mol. The van der Waals surface area contributed by atoms with Gasteiger partial charge in [0, 0.05) is 18.3 Å². The number of nitrogens with two attached hydrogens (primary N) is 1. The number of nitrogens with one attached hydrogen (secondary N) is 1. The molecular weight excluding hydrogens is 224 g/mol. The largest absolute Gasteiger partial charge is 0.491 e. The van der Waals surface area contributed by atoms with Crippen LogP contribution in [0.25, 0.3) is 0 Å². The third kappa shape index (κ3) is 4.47. The molecule has 0 aromatic heterocycles. The van der Waals surface area contributed by atoms with Crippen molar-refractivity contribution < 1.29 is 4.74 Å². The molecule has 3 N–H and O–H groups in total. The molecule has 0 aliphatic heterocycles. The van der Waals surface area contributed by atoms with Gasteiger partial charge in [0.1, 0.15) is 5.75 Å². The predicted octanol–water partition coefficient (Wildman–Crippen LogP) is 3.91. The Morgan fingerprint density at radius 2 is 2.00 bits per heavy atom. The summed E-state index contributed by atoms with van der Waals surface area (Å²) >= 11 is 0. The van der Waals surface area contributed by atoms with Gasteiger partial charge < -0.3 is 15.8 Å². The van der Waals surface area contributed by atoms with Gasteiger partial charge in [-0.2, -0.15) is 0 Å². The maximum atomic E-state index is 5.89. The fourth-order valence-electron chi connectivity index (χ4n) is 1.45. The maximum Gasteiger partial charge on any atom is 0.144 e. The molecule has 1 aromatic carbocycles. The van der Waals surface area contributed by atoms with E-state index >= 15 is 0 Å². The first-order chi connectivity index (χ1) is 8.48. The van der Waals surface area contributed by atoms with E-state index in [1.807, 2.05) is 18.2 Å². The molecule has 1 rings (SSSR count). The van der Waals surface area contributed by atoms with Crippen LogP contribution < -0.4 is 15.8 Å². The molecule has 1 aromatic rings. The molecule has 102 valence electrons. The van der Waals surface area contributed by atoms with Gasteiger partial charge in [-0.05, 0) is 30.4 Å². The molecule has 0 fully saturated rings. The molecule has 0 heterocycles. The smallest absolute Gasteiger partial charge is 0.144 e. The summed E-state index contributed by atoms with van der Waals surface area (Å²) in [5.41, 5.74) is 7.95. The second-order valence-corrected chi connectivity index (χ2v) is 5.47. The van der Waals surface area contributed by atoms with E-state index in [0.717, 1.165) is 30.8 Å². The van der Waals surface area contributed by atoms with E-state index in [9.17, 15) is 0 Å². The van der Waals surface area contributed by atoms with E-state index in [0.29, 0.717) is 17.7 Å². The molecule has 0 aliphatic rings. The van der Waals surface area contributed by atoms with Crippen LogP contribution in [-0.4, -0.2) is 13.2 Å². The Morgan fingerprint density at radius 3 is 2.61 bits per heavy atom. The normalized spacial score (nSPS) is 11.3. The SMILES string of the molecule is CCCOc1cc(NCC(C)(C)CC)ccc1N. The number of nitrogen functional groups attached to an aromatic ring is 1. The van der Waals surface area contributed by atoms with Crippen LogP contribution in [0.4, 0.5) is 11.4 Å². The highest BCUT2D eigenvalue weighted by Gasteiger charge is 2.14. The van der Waals surface area contributed by atoms with E-state index < -0.39 is 0 Å². The first-order valence-corrected chi connectivity index (χ1v) is 6.74. The van der Waals surface area contributed by atoms with Crippen molar-refractivity contribution in [1.82, 2.24) is 0 Å². The van der Waals surface area contributed by atoms with Crippen LogP contribution >= 0.6 is 0 Å². The van der Waals surface area contributed by atoms with Crippen LogP contribution in [0, 0.1) is 5.41 Å². The number of benzene rings is 1. The van der Waals surface area contributed by atoms with E-state index in [1.165, 1.54) is 0 Å². The first kappa shape index (κ1) is 14.7. The Balaban J connectivity index is 2.67. The lowest BCUT2D eigenvalue weighted by Gasteiger charge is -2.23. The second kappa shape index (κ2) is 6.53. The quantitative estimate of drug-likeness (QED) is 0.721. The zero-order valence-corrected chi connectivity index (χ0v) is 12.0. The van der Waals surface area contributed by atoms with Gasteiger partial charge in [-0.1, -0.05) is 27.7 Å². The third-order valence-electron chi connectivity index (χ3n) is 3.20. The summed E-state index contributed by atoms with van der Waals surface area (Å²) in [6, 6.07) is 5.88. The van der Waals surface area contributed by atoms with Crippen molar-refractivity contribution in [2.75, 3.05) is 24.2 Å². The topological polar surface area (TPSA) is 47.3 Å². The number of hydrogen-bond donors (Lipinski definition) is 2. The number of ether oxygens (including phenoxy) is 1. The van der Waals surface area contributed by atoms with Crippen molar-refractivity contribution >= 4 is 11.4 Å². The van der Waals surface area contributed by atoms with Crippen molar-refractivity contribution in [2.45, 2.75) is 40.5 Å². The van der Waals surface area contributed by atoms with Crippen LogP contribution in [0.5, 0.6) is 5.75 Å². The van der Waals surface area contributed by atoms with Gasteiger partial charge >= 0.3 is 0 Å². The van der Waals surface area contributed by atoms with Gasteiger partial charge in [0.2, 0.25) is 0 Å². The molecule has 0 amide bonds. The minimum atomic E-state index is 0.297. The van der Waals surface area contributed by atoms with Crippen LogP contribution in [0.1, 0.15) is 40.5 Å². The number of hydrogen-bond acceptors (Lipinski definition) is 3. The summed E-state index contributed by atoms with van der Waals surface area (Å²) in [5, 5.41) is 3.44. The molecule has 0 saturated heterocycles. The lowest BCUT2D eigenvalue weighted by Crippen LogP contribution is -2.22. The average molecular weight is 250 g/mol. The summed E-state index contributed by atoms with van der Waals surface area (Å²) < 4.78 is 5.62. The van der Waals surface area contributed by atoms with Crippen LogP contribution in [-0.2, 0) is 0 Å². The van der Waals surface area contributed by atoms with E-state index in [1.54, 1.807) is 0 Å². The van der Waals surface area contributed by atoms with Gasteiger partial charge in [0.05, 0.1) is 12.3 Å². The van der Waals surface area contributed by atoms with E-state index in [-0.39, 0.29) is 0 Å². The maximum absolute atomic E-state index is 5.89. The zero-order chi connectivity index (χ0) is 13.6. The molecule has 0 bridgehead atoms. The minimum Gasteiger partial charge on any atom is -0.491 e. The standard InChI is InChI=1S/C15H26N2O/c1-5-9-18-14-10-12(7-8-13(14)16)17-11-15(3,4)6-2/h7-8,10,17H,5-6,9,11,16H2,1-4H3. The Labute approximate surface area is 111 Å². The van der Waals surface area contributed by atoms with E-state index in [2.05, 4.69) is 33.0 Å². The molecule has 3 nitrogen and oxygen atoms in total. The number of rotatable bonds is 7. The van der Waals surface area contributed by atoms with Crippen molar-refractivity contribution in [3.63, 3.8) is 0 Å². The average Bonchev–Trinajstić information content (AvgIpc) is 2.36. The molecular formula is C15H26N2O. The summed E-state index contributed by atoms with van der Waals surface area (Å²) in [7, 11) is 0. The second-order valence-electron chi connectivity index (χ2n) is 5.47. The molecule has 0 atom stereocenters. The summed E-state index contributed by atoms with van der Waals surface area (Å²) in [5.74, 6) is 0.774. The van der Waals surface area contributed by atoms with Gasteiger partial charge in [-0.15, -0.1) is 0 Å². The minimum absolute atomic E-state index is 0.297. The summed E-state index contributed by atoms with van der Waals surface area (Å²) in [6.45, 7) is 10.5. The highest BCUT2D eigenvalue weighted by Crippen LogP contribution is 2.27. The van der Waals surface area contributed by atoms with Gasteiger partial charge in [0.25, 0.3) is 0 Å². The molecule has 0 saturated carbocycles. The highest BCUT2D eigenvalue weighted by molar-refractivity contribution is 5.61. The molecule has 0 unspecified atom stereocenters. The summed E-state index contributed by atoms with van der Waals surface area (Å²) in [6.07, 6.45) is 2.13. The Kier molecular flexibility index (Phi) is 5.32. The van der Waals surface area contributed by atoms with Crippen molar-refractivity contribution in [3.05, 3.63) is 18.2 Å². The fraction of sp³-hybridized carbons (Fsp3) is 0.600. The first-order valence-electron chi connectivity index (χ1n) is 6.74. The predicted molar refractivity (Wildman–Crippen MR) is 79.2 cm³/mol. The van der Waals surface area contributed by atoms with Crippen LogP contribution in [0.3, 0.4) is 0 Å². The fourth-order valence-corrected chi connectivity index (χ4v) is 1.45. The molecule has 3 heteroatoms. The molecule has 0 radical (unpaired) electrons. The zero-order valence-electron chi connectivity index (χ0n) is 12.0. The summed E-state index contributed by atoms with van der Waals surface area (Å²) in [4.78, 5) is 0. The number of anilines is 2. The highest BCUT2D eigenvalue weighted by atomic mass is 16.5.